The molecule has 0 fully saturated rings. The number of aryl methyl sites for hydroxylation is 2. The third-order valence-corrected chi connectivity index (χ3v) is 6.58. The quantitative estimate of drug-likeness (QED) is 0.399. The van der Waals surface area contributed by atoms with E-state index in [4.69, 9.17) is 19.9 Å². The number of aromatic nitrogens is 2. The van der Waals surface area contributed by atoms with Gasteiger partial charge in [0, 0.05) is 23.1 Å². The average molecular weight is 449 g/mol. The number of benzene rings is 1. The van der Waals surface area contributed by atoms with Crippen LogP contribution in [0.25, 0.3) is 10.2 Å². The molecule has 0 bridgehead atoms. The number of carbonyl (C=O) groups excluding carboxylic acids is 1. The summed E-state index contributed by atoms with van der Waals surface area (Å²) in [5, 5.41) is 4.26. The lowest BCUT2D eigenvalue weighted by atomic mass is 10.1. The summed E-state index contributed by atoms with van der Waals surface area (Å²) in [6.45, 7) is 4.33. The van der Waals surface area contributed by atoms with Gasteiger partial charge in [0.05, 0.1) is 32.5 Å². The van der Waals surface area contributed by atoms with Crippen molar-refractivity contribution in [3.8, 4) is 17.2 Å². The van der Waals surface area contributed by atoms with Gasteiger partial charge in [-0.1, -0.05) is 11.8 Å². The Hall–Kier alpha value is -2.72. The summed E-state index contributed by atoms with van der Waals surface area (Å²) in [7, 11) is 4.68. The lowest BCUT2D eigenvalue weighted by Gasteiger charge is -2.14. The first-order valence-corrected chi connectivity index (χ1v) is 10.9. The van der Waals surface area contributed by atoms with Crippen molar-refractivity contribution in [3.63, 3.8) is 0 Å². The van der Waals surface area contributed by atoms with Crippen LogP contribution >= 0.6 is 23.1 Å². The van der Waals surface area contributed by atoms with Crippen LogP contribution in [0.15, 0.2) is 17.3 Å². The van der Waals surface area contributed by atoms with Crippen LogP contribution < -0.4 is 25.3 Å². The van der Waals surface area contributed by atoms with E-state index in [9.17, 15) is 4.79 Å². The largest absolute Gasteiger partial charge is 0.496 e. The number of nitrogen functional groups attached to an aromatic ring is 1. The van der Waals surface area contributed by atoms with Crippen molar-refractivity contribution >= 4 is 45.0 Å². The summed E-state index contributed by atoms with van der Waals surface area (Å²) in [6.07, 6.45) is 0. The fraction of sp³-hybridized carbons (Fsp3) is 0.350. The van der Waals surface area contributed by atoms with E-state index in [1.165, 1.54) is 11.8 Å². The summed E-state index contributed by atoms with van der Waals surface area (Å²) in [5.74, 6) is 2.19. The van der Waals surface area contributed by atoms with Gasteiger partial charge in [-0.25, -0.2) is 9.97 Å². The minimum Gasteiger partial charge on any atom is -0.496 e. The van der Waals surface area contributed by atoms with E-state index in [1.54, 1.807) is 44.8 Å². The number of hydrogen-bond acceptors (Lipinski definition) is 9. The van der Waals surface area contributed by atoms with E-state index >= 15 is 0 Å². The first kappa shape index (κ1) is 22.0. The van der Waals surface area contributed by atoms with Gasteiger partial charge < -0.3 is 25.3 Å². The highest BCUT2D eigenvalue weighted by Crippen LogP contribution is 2.35. The van der Waals surface area contributed by atoms with Crippen LogP contribution in [0.2, 0.25) is 0 Å². The van der Waals surface area contributed by atoms with E-state index in [0.29, 0.717) is 28.2 Å². The molecule has 0 spiro atoms. The highest BCUT2D eigenvalue weighted by Gasteiger charge is 2.15. The maximum absolute atomic E-state index is 12.4. The number of thioether (sulfide) groups is 1. The number of thiophene rings is 1. The first-order chi connectivity index (χ1) is 14.4. The maximum atomic E-state index is 12.4. The number of nitrogens with one attached hydrogen (secondary N) is 1. The minimum absolute atomic E-state index is 0.155. The molecule has 1 aromatic carbocycles. The predicted octanol–water partition coefficient (Wildman–Crippen LogP) is 3.32. The number of hydrogen-bond donors (Lipinski definition) is 2. The Morgan fingerprint density at radius 1 is 1.10 bits per heavy atom. The molecule has 0 radical (unpaired) electrons. The molecule has 3 N–H and O–H groups in total. The normalized spacial score (nSPS) is 10.8. The Balaban J connectivity index is 1.65. The number of nitrogens with zero attached hydrogens (tertiary/aromatic N) is 2. The van der Waals surface area contributed by atoms with Gasteiger partial charge >= 0.3 is 0 Å². The van der Waals surface area contributed by atoms with E-state index in [-0.39, 0.29) is 18.2 Å². The Kier molecular flexibility index (Phi) is 6.88. The fourth-order valence-electron chi connectivity index (χ4n) is 2.93. The molecule has 0 aliphatic heterocycles. The van der Waals surface area contributed by atoms with Gasteiger partial charge in [-0.3, -0.25) is 4.79 Å². The smallest absolute Gasteiger partial charge is 0.230 e. The number of anilines is 1. The van der Waals surface area contributed by atoms with Gasteiger partial charge in [-0.2, -0.15) is 0 Å². The van der Waals surface area contributed by atoms with Crippen LogP contribution in [0.1, 0.15) is 16.0 Å². The third kappa shape index (κ3) is 4.54. The van der Waals surface area contributed by atoms with Crippen molar-refractivity contribution in [1.29, 1.82) is 0 Å². The number of carbonyl (C=O) groups is 1. The number of rotatable bonds is 8. The Morgan fingerprint density at radius 3 is 2.43 bits per heavy atom. The molecule has 3 rings (SSSR count). The Labute approximate surface area is 183 Å². The lowest BCUT2D eigenvalue weighted by Crippen LogP contribution is -2.25. The van der Waals surface area contributed by atoms with Gasteiger partial charge in [0.2, 0.25) is 5.91 Å². The molecule has 0 aliphatic carbocycles. The molecule has 10 heteroatoms. The van der Waals surface area contributed by atoms with Crippen LogP contribution in [0.3, 0.4) is 0 Å². The van der Waals surface area contributed by atoms with Gasteiger partial charge in [0.1, 0.15) is 16.4 Å². The predicted molar refractivity (Wildman–Crippen MR) is 120 cm³/mol. The molecule has 0 atom stereocenters. The fourth-order valence-corrected chi connectivity index (χ4v) is 4.71. The second kappa shape index (κ2) is 9.40. The second-order valence-corrected chi connectivity index (χ2v) is 8.58. The summed E-state index contributed by atoms with van der Waals surface area (Å²) < 4.78 is 16.0. The van der Waals surface area contributed by atoms with Crippen LogP contribution in [0, 0.1) is 13.8 Å². The van der Waals surface area contributed by atoms with Gasteiger partial charge in [-0.15, -0.1) is 11.3 Å². The Bertz CT molecular complexity index is 1080. The molecular formula is C20H24N4O4S2. The SMILES string of the molecule is COc1cc(OC)c(OC)cc1CNC(=O)CSc1nc(N)c2c(C)c(C)sc2n1. The summed E-state index contributed by atoms with van der Waals surface area (Å²) in [6, 6.07) is 3.51. The molecule has 0 aliphatic rings. The number of amides is 1. The van der Waals surface area contributed by atoms with Crippen LogP contribution in [0.5, 0.6) is 17.2 Å². The van der Waals surface area contributed by atoms with Crippen molar-refractivity contribution in [1.82, 2.24) is 15.3 Å². The number of fused-ring (bicyclic) bond motifs is 1. The molecule has 8 nitrogen and oxygen atoms in total. The summed E-state index contributed by atoms with van der Waals surface area (Å²) >= 11 is 2.83. The first-order valence-electron chi connectivity index (χ1n) is 9.09. The number of nitrogens with two attached hydrogens (primary N) is 1. The van der Waals surface area contributed by atoms with Crippen molar-refractivity contribution in [2.24, 2.45) is 0 Å². The van der Waals surface area contributed by atoms with Crippen molar-refractivity contribution in [2.75, 3.05) is 32.8 Å². The third-order valence-electron chi connectivity index (χ3n) is 4.63. The molecule has 2 aromatic heterocycles. The molecule has 0 saturated carbocycles. The number of methoxy groups -OCH3 is 3. The lowest BCUT2D eigenvalue weighted by molar-refractivity contribution is -0.118. The molecule has 2 heterocycles. The van der Waals surface area contributed by atoms with Crippen LogP contribution in [-0.4, -0.2) is 43.0 Å². The van der Waals surface area contributed by atoms with E-state index in [1.807, 2.05) is 13.8 Å². The molecular weight excluding hydrogens is 424 g/mol. The van der Waals surface area contributed by atoms with E-state index in [0.717, 1.165) is 26.2 Å². The Morgan fingerprint density at radius 2 is 1.77 bits per heavy atom. The van der Waals surface area contributed by atoms with Gasteiger partial charge in [0.15, 0.2) is 16.7 Å². The molecule has 3 aromatic rings. The van der Waals surface area contributed by atoms with Crippen molar-refractivity contribution < 1.29 is 19.0 Å². The van der Waals surface area contributed by atoms with Gasteiger partial charge in [0.25, 0.3) is 0 Å². The maximum Gasteiger partial charge on any atom is 0.230 e. The van der Waals surface area contributed by atoms with Crippen LogP contribution in [0.4, 0.5) is 5.82 Å². The zero-order valence-electron chi connectivity index (χ0n) is 17.5. The van der Waals surface area contributed by atoms with E-state index in [2.05, 4.69) is 15.3 Å². The van der Waals surface area contributed by atoms with Crippen LogP contribution in [-0.2, 0) is 11.3 Å². The highest BCUT2D eigenvalue weighted by molar-refractivity contribution is 7.99. The average Bonchev–Trinajstić information content (AvgIpc) is 3.03. The van der Waals surface area contributed by atoms with Crippen molar-refractivity contribution in [2.45, 2.75) is 25.5 Å². The van der Waals surface area contributed by atoms with E-state index < -0.39 is 0 Å². The molecule has 0 saturated heterocycles. The highest BCUT2D eigenvalue weighted by atomic mass is 32.2. The topological polar surface area (TPSA) is 109 Å². The molecule has 30 heavy (non-hydrogen) atoms. The summed E-state index contributed by atoms with van der Waals surface area (Å²) in [5.41, 5.74) is 7.98. The van der Waals surface area contributed by atoms with Gasteiger partial charge in [-0.05, 0) is 25.5 Å². The zero-order chi connectivity index (χ0) is 21.8. The minimum atomic E-state index is -0.155. The molecule has 160 valence electrons. The zero-order valence-corrected chi connectivity index (χ0v) is 19.1. The monoisotopic (exact) mass is 448 g/mol. The number of ether oxygens (including phenoxy) is 3. The second-order valence-electron chi connectivity index (χ2n) is 6.44. The molecule has 1 amide bonds. The standard InChI is InChI=1S/C20H24N4O4S2/c1-10-11(2)30-19-17(10)18(21)23-20(24-19)29-9-16(25)22-8-12-6-14(27-4)15(28-5)7-13(12)26-3/h6-7H,8-9H2,1-5H3,(H,22,25)(H2,21,23,24). The summed E-state index contributed by atoms with van der Waals surface area (Å²) in [4.78, 5) is 23.2. The molecule has 0 unspecified atom stereocenters. The van der Waals surface area contributed by atoms with Crippen molar-refractivity contribution in [3.05, 3.63) is 28.1 Å².